The summed E-state index contributed by atoms with van der Waals surface area (Å²) in [6.45, 7) is 2.95. The predicted molar refractivity (Wildman–Crippen MR) is 103 cm³/mol. The normalized spacial score (nSPS) is 11.6. The second-order valence-electron chi connectivity index (χ2n) is 5.93. The molecule has 0 spiro atoms. The number of benzene rings is 1. The minimum atomic E-state index is -0.260. The smallest absolute Gasteiger partial charge is 0.222 e. The van der Waals surface area contributed by atoms with Gasteiger partial charge in [0.05, 0.1) is 12.5 Å². The molecular formula is C19H25N3O2S. The third-order valence-electron chi connectivity index (χ3n) is 3.84. The van der Waals surface area contributed by atoms with Gasteiger partial charge in [-0.25, -0.2) is 0 Å². The lowest BCUT2D eigenvalue weighted by atomic mass is 10.1. The molecule has 2 amide bonds. The Balaban J connectivity index is 1.73. The van der Waals surface area contributed by atoms with Crippen molar-refractivity contribution in [2.24, 2.45) is 0 Å². The van der Waals surface area contributed by atoms with Crippen molar-refractivity contribution in [1.82, 2.24) is 10.6 Å². The van der Waals surface area contributed by atoms with Gasteiger partial charge in [0.15, 0.2) is 0 Å². The molecule has 25 heavy (non-hydrogen) atoms. The van der Waals surface area contributed by atoms with E-state index >= 15 is 0 Å². The molecule has 2 aromatic rings. The summed E-state index contributed by atoms with van der Waals surface area (Å²) >= 11 is 1.54. The molecule has 0 saturated heterocycles. The quantitative estimate of drug-likeness (QED) is 0.677. The Morgan fingerprint density at radius 2 is 1.92 bits per heavy atom. The van der Waals surface area contributed by atoms with E-state index in [0.717, 1.165) is 23.5 Å². The van der Waals surface area contributed by atoms with Gasteiger partial charge >= 0.3 is 0 Å². The lowest BCUT2D eigenvalue weighted by molar-refractivity contribution is -0.122. The predicted octanol–water partition coefficient (Wildman–Crippen LogP) is 2.96. The maximum Gasteiger partial charge on any atom is 0.222 e. The lowest BCUT2D eigenvalue weighted by Gasteiger charge is -2.19. The largest absolute Gasteiger partial charge is 0.375 e. The van der Waals surface area contributed by atoms with E-state index in [1.54, 1.807) is 11.3 Å². The monoisotopic (exact) mass is 359 g/mol. The number of carbonyl (C=O) groups is 2. The van der Waals surface area contributed by atoms with Crippen LogP contribution in [-0.4, -0.2) is 32.0 Å². The van der Waals surface area contributed by atoms with E-state index < -0.39 is 0 Å². The van der Waals surface area contributed by atoms with Gasteiger partial charge in [-0.3, -0.25) is 9.59 Å². The number of nitrogens with one attached hydrogen (secondary N) is 2. The van der Waals surface area contributed by atoms with E-state index in [2.05, 4.69) is 27.7 Å². The number of para-hydroxylation sites is 1. The molecule has 5 nitrogen and oxygen atoms in total. The fourth-order valence-electron chi connectivity index (χ4n) is 2.57. The number of thiophene rings is 1. The van der Waals surface area contributed by atoms with Gasteiger partial charge in [0.2, 0.25) is 11.8 Å². The van der Waals surface area contributed by atoms with Crippen LogP contribution in [0.1, 0.15) is 30.7 Å². The van der Waals surface area contributed by atoms with Gasteiger partial charge in [0.1, 0.15) is 0 Å². The zero-order valence-corrected chi connectivity index (χ0v) is 15.5. The highest BCUT2D eigenvalue weighted by Gasteiger charge is 2.17. The standard InChI is InChI=1S/C19H25N3O2S/c1-15(23)21-17(18-10-6-13-25-18)14-19(24)20-11-7-12-22(2)16-8-4-3-5-9-16/h3-6,8-10,13,17H,7,11-12,14H2,1-2H3,(H,20,24)(H,21,23). The Bertz CT molecular complexity index is 659. The van der Waals surface area contributed by atoms with E-state index in [4.69, 9.17) is 0 Å². The maximum atomic E-state index is 12.2. The van der Waals surface area contributed by atoms with Gasteiger partial charge in [-0.2, -0.15) is 0 Å². The summed E-state index contributed by atoms with van der Waals surface area (Å²) in [5, 5.41) is 7.73. The second kappa shape index (κ2) is 9.84. The number of nitrogens with zero attached hydrogens (tertiary/aromatic N) is 1. The Morgan fingerprint density at radius 1 is 1.16 bits per heavy atom. The van der Waals surface area contributed by atoms with Crippen molar-refractivity contribution in [3.05, 3.63) is 52.7 Å². The molecule has 2 N–H and O–H groups in total. The van der Waals surface area contributed by atoms with Crippen molar-refractivity contribution >= 4 is 28.8 Å². The fourth-order valence-corrected chi connectivity index (χ4v) is 3.35. The summed E-state index contributed by atoms with van der Waals surface area (Å²) in [7, 11) is 2.04. The van der Waals surface area contributed by atoms with E-state index in [-0.39, 0.29) is 24.3 Å². The average Bonchev–Trinajstić information content (AvgIpc) is 3.13. The summed E-state index contributed by atoms with van der Waals surface area (Å²) in [6, 6.07) is 13.8. The lowest BCUT2D eigenvalue weighted by Crippen LogP contribution is -2.33. The molecule has 1 heterocycles. The van der Waals surface area contributed by atoms with Crippen molar-refractivity contribution in [3.8, 4) is 0 Å². The first-order chi connectivity index (χ1) is 12.1. The molecule has 0 bridgehead atoms. The van der Waals surface area contributed by atoms with Crippen LogP contribution in [-0.2, 0) is 9.59 Å². The number of amides is 2. The molecule has 1 aromatic heterocycles. The zero-order valence-electron chi connectivity index (χ0n) is 14.7. The summed E-state index contributed by atoms with van der Waals surface area (Å²) in [5.74, 6) is -0.176. The Labute approximate surface area is 153 Å². The van der Waals surface area contributed by atoms with Crippen LogP contribution in [0.15, 0.2) is 47.8 Å². The first kappa shape index (κ1) is 19.0. The van der Waals surface area contributed by atoms with Crippen LogP contribution < -0.4 is 15.5 Å². The van der Waals surface area contributed by atoms with Gasteiger partial charge in [0.25, 0.3) is 0 Å². The van der Waals surface area contributed by atoms with Crippen LogP contribution >= 0.6 is 11.3 Å². The number of carbonyl (C=O) groups excluding carboxylic acids is 2. The molecule has 2 rings (SSSR count). The molecule has 0 radical (unpaired) electrons. The summed E-state index contributed by atoms with van der Waals surface area (Å²) in [4.78, 5) is 26.7. The highest BCUT2D eigenvalue weighted by atomic mass is 32.1. The molecule has 1 aromatic carbocycles. The third kappa shape index (κ3) is 6.58. The number of hydrogen-bond acceptors (Lipinski definition) is 4. The fraction of sp³-hybridized carbons (Fsp3) is 0.368. The Hall–Kier alpha value is -2.34. The van der Waals surface area contributed by atoms with Crippen LogP contribution in [0.25, 0.3) is 0 Å². The minimum Gasteiger partial charge on any atom is -0.375 e. The van der Waals surface area contributed by atoms with Gasteiger partial charge in [-0.05, 0) is 30.0 Å². The van der Waals surface area contributed by atoms with Crippen molar-refractivity contribution < 1.29 is 9.59 Å². The van der Waals surface area contributed by atoms with Crippen LogP contribution in [0, 0.1) is 0 Å². The summed E-state index contributed by atoms with van der Waals surface area (Å²) in [5.41, 5.74) is 1.16. The van der Waals surface area contributed by atoms with Gasteiger partial charge < -0.3 is 15.5 Å². The number of rotatable bonds is 9. The topological polar surface area (TPSA) is 61.4 Å². The summed E-state index contributed by atoms with van der Waals surface area (Å²) in [6.07, 6.45) is 1.12. The Kier molecular flexibility index (Phi) is 7.47. The van der Waals surface area contributed by atoms with Crippen LogP contribution in [0.3, 0.4) is 0 Å². The highest BCUT2D eigenvalue weighted by molar-refractivity contribution is 7.10. The molecule has 0 aliphatic carbocycles. The average molecular weight is 359 g/mol. The second-order valence-corrected chi connectivity index (χ2v) is 6.91. The van der Waals surface area contributed by atoms with Gasteiger partial charge in [0, 0.05) is 37.6 Å². The molecule has 0 aliphatic rings. The number of hydrogen-bond donors (Lipinski definition) is 2. The van der Waals surface area contributed by atoms with Crippen LogP contribution in [0.4, 0.5) is 5.69 Å². The van der Waals surface area contributed by atoms with E-state index in [1.165, 1.54) is 6.92 Å². The van der Waals surface area contributed by atoms with Crippen molar-refractivity contribution in [1.29, 1.82) is 0 Å². The van der Waals surface area contributed by atoms with E-state index in [9.17, 15) is 9.59 Å². The maximum absolute atomic E-state index is 12.2. The molecular weight excluding hydrogens is 334 g/mol. The van der Waals surface area contributed by atoms with Crippen molar-refractivity contribution in [2.75, 3.05) is 25.0 Å². The number of anilines is 1. The first-order valence-corrected chi connectivity index (χ1v) is 9.27. The van der Waals surface area contributed by atoms with Crippen molar-refractivity contribution in [3.63, 3.8) is 0 Å². The van der Waals surface area contributed by atoms with Crippen molar-refractivity contribution in [2.45, 2.75) is 25.8 Å². The first-order valence-electron chi connectivity index (χ1n) is 8.39. The molecule has 6 heteroatoms. The van der Waals surface area contributed by atoms with E-state index in [0.29, 0.717) is 6.54 Å². The van der Waals surface area contributed by atoms with Gasteiger partial charge in [-0.15, -0.1) is 11.3 Å². The SMILES string of the molecule is CC(=O)NC(CC(=O)NCCCN(C)c1ccccc1)c1cccs1. The van der Waals surface area contributed by atoms with Gasteiger partial charge in [-0.1, -0.05) is 24.3 Å². The molecule has 1 atom stereocenters. The molecule has 0 fully saturated rings. The Morgan fingerprint density at radius 3 is 2.56 bits per heavy atom. The summed E-state index contributed by atoms with van der Waals surface area (Å²) < 4.78 is 0. The third-order valence-corrected chi connectivity index (χ3v) is 4.83. The van der Waals surface area contributed by atoms with Crippen LogP contribution in [0.5, 0.6) is 0 Å². The molecule has 0 saturated carbocycles. The molecule has 1 unspecified atom stereocenters. The minimum absolute atomic E-state index is 0.0467. The highest BCUT2D eigenvalue weighted by Crippen LogP contribution is 2.21. The molecule has 134 valence electrons. The van der Waals surface area contributed by atoms with Crippen LogP contribution in [0.2, 0.25) is 0 Å². The molecule has 0 aliphatic heterocycles. The zero-order chi connectivity index (χ0) is 18.1. The van der Waals surface area contributed by atoms with E-state index in [1.807, 2.05) is 42.8 Å².